The maximum atomic E-state index is 12.3. The Balaban J connectivity index is 2.40. The van der Waals surface area contributed by atoms with Gasteiger partial charge in [0.1, 0.15) is 5.65 Å². The highest BCUT2D eigenvalue weighted by molar-refractivity contribution is 5.96. The zero-order valence-corrected chi connectivity index (χ0v) is 12.4. The molecule has 0 aliphatic carbocycles. The van der Waals surface area contributed by atoms with E-state index in [-0.39, 0.29) is 5.69 Å². The van der Waals surface area contributed by atoms with Crippen molar-refractivity contribution in [3.8, 4) is 0 Å². The lowest BCUT2D eigenvalue weighted by Gasteiger charge is -2.13. The number of hydrogen-bond acceptors (Lipinski definition) is 5. The number of hydrogen-bond donors (Lipinski definition) is 3. The molecular weight excluding hydrogens is 288 g/mol. The Kier molecular flexibility index (Phi) is 4.74. The molecule has 1 atom stereocenters. The van der Waals surface area contributed by atoms with E-state index in [1.807, 2.05) is 25.1 Å². The van der Waals surface area contributed by atoms with E-state index in [4.69, 9.17) is 10.2 Å². The van der Waals surface area contributed by atoms with Gasteiger partial charge < -0.3 is 24.8 Å². The Morgan fingerprint density at radius 3 is 2.73 bits per heavy atom. The van der Waals surface area contributed by atoms with Crippen LogP contribution in [-0.4, -0.2) is 63.1 Å². The minimum Gasteiger partial charge on any atom is -0.480 e. The number of aliphatic carboxylic acids is 1. The van der Waals surface area contributed by atoms with Gasteiger partial charge in [0.2, 0.25) is 0 Å². The van der Waals surface area contributed by atoms with Crippen LogP contribution < -0.4 is 5.32 Å². The second kappa shape index (κ2) is 6.54. The first-order valence-corrected chi connectivity index (χ1v) is 6.69. The van der Waals surface area contributed by atoms with Crippen molar-refractivity contribution in [1.82, 2.24) is 19.6 Å². The van der Waals surface area contributed by atoms with E-state index in [0.717, 1.165) is 0 Å². The van der Waals surface area contributed by atoms with Crippen molar-refractivity contribution in [2.24, 2.45) is 0 Å². The third-order valence-corrected chi connectivity index (χ3v) is 3.10. The van der Waals surface area contributed by atoms with E-state index in [9.17, 15) is 9.59 Å². The van der Waals surface area contributed by atoms with Gasteiger partial charge >= 0.3 is 5.97 Å². The van der Waals surface area contributed by atoms with E-state index in [1.54, 1.807) is 22.7 Å². The van der Waals surface area contributed by atoms with Gasteiger partial charge in [-0.2, -0.15) is 0 Å². The van der Waals surface area contributed by atoms with Crippen molar-refractivity contribution in [3.05, 3.63) is 35.8 Å². The molecule has 22 heavy (non-hydrogen) atoms. The number of carboxylic acid groups (broad SMARTS) is 1. The molecule has 2 aromatic rings. The molecule has 0 aromatic carbocycles. The molecule has 2 heterocycles. The lowest BCUT2D eigenvalue weighted by Crippen LogP contribution is -2.43. The molecule has 0 fully saturated rings. The second-order valence-electron chi connectivity index (χ2n) is 5.12. The summed E-state index contributed by atoms with van der Waals surface area (Å²) >= 11 is 0. The Bertz CT molecular complexity index is 695. The summed E-state index contributed by atoms with van der Waals surface area (Å²) in [5, 5.41) is 20.2. The average Bonchev–Trinajstić information content (AvgIpc) is 2.82. The molecule has 1 unspecified atom stereocenters. The molecular formula is C14H18N4O4. The van der Waals surface area contributed by atoms with Gasteiger partial charge in [0.05, 0.1) is 12.3 Å². The number of carbonyl (C=O) groups is 2. The number of carboxylic acids is 1. The molecule has 118 valence electrons. The van der Waals surface area contributed by atoms with Gasteiger partial charge in [-0.25, -0.2) is 9.78 Å². The second-order valence-corrected chi connectivity index (χ2v) is 5.12. The Labute approximate surface area is 127 Å². The lowest BCUT2D eigenvalue weighted by molar-refractivity contribution is -0.140. The first kappa shape index (κ1) is 15.9. The van der Waals surface area contributed by atoms with Crippen LogP contribution in [0, 0.1) is 0 Å². The van der Waals surface area contributed by atoms with Crippen LogP contribution in [0.2, 0.25) is 0 Å². The molecule has 0 saturated heterocycles. The van der Waals surface area contributed by atoms with Gasteiger partial charge in [0.15, 0.2) is 11.7 Å². The fourth-order valence-corrected chi connectivity index (χ4v) is 2.09. The van der Waals surface area contributed by atoms with Crippen LogP contribution in [0.5, 0.6) is 0 Å². The summed E-state index contributed by atoms with van der Waals surface area (Å²) in [5.74, 6) is -1.92. The number of imidazole rings is 1. The smallest absolute Gasteiger partial charge is 0.328 e. The van der Waals surface area contributed by atoms with E-state index >= 15 is 0 Å². The normalized spacial score (nSPS) is 12.5. The maximum Gasteiger partial charge on any atom is 0.328 e. The van der Waals surface area contributed by atoms with Gasteiger partial charge in [-0.15, -0.1) is 0 Å². The summed E-state index contributed by atoms with van der Waals surface area (Å²) in [6, 6.07) is 4.03. The average molecular weight is 306 g/mol. The van der Waals surface area contributed by atoms with E-state index in [2.05, 4.69) is 10.3 Å². The summed E-state index contributed by atoms with van der Waals surface area (Å²) in [7, 11) is 3.72. The van der Waals surface area contributed by atoms with Crippen molar-refractivity contribution in [1.29, 1.82) is 0 Å². The maximum absolute atomic E-state index is 12.3. The molecule has 0 spiro atoms. The van der Waals surface area contributed by atoms with Crippen LogP contribution in [0.4, 0.5) is 0 Å². The predicted molar refractivity (Wildman–Crippen MR) is 78.6 cm³/mol. The molecule has 1 amide bonds. The molecule has 0 aliphatic heterocycles. The standard InChI is InChI=1S/C14H18N4O4/c1-17(2)7-10-12(13(20)15-9(8-19)14(21)22)16-11-5-3-4-6-18(10)11/h3-6,9,19H,7-8H2,1-2H3,(H,15,20)(H,21,22). The molecule has 8 nitrogen and oxygen atoms in total. The van der Waals surface area contributed by atoms with Gasteiger partial charge in [-0.1, -0.05) is 6.07 Å². The highest BCUT2D eigenvalue weighted by Crippen LogP contribution is 2.14. The SMILES string of the molecule is CN(C)Cc1c(C(=O)NC(CO)C(=O)O)nc2ccccn12. The monoisotopic (exact) mass is 306 g/mol. The summed E-state index contributed by atoms with van der Waals surface area (Å²) < 4.78 is 1.78. The number of fused-ring (bicyclic) bond motifs is 1. The Hall–Kier alpha value is -2.45. The highest BCUT2D eigenvalue weighted by Gasteiger charge is 2.24. The molecule has 2 aromatic heterocycles. The van der Waals surface area contributed by atoms with Crippen LogP contribution in [0.1, 0.15) is 16.2 Å². The molecule has 0 saturated carbocycles. The Morgan fingerprint density at radius 2 is 2.14 bits per heavy atom. The van der Waals surface area contributed by atoms with Gasteiger partial charge in [0, 0.05) is 12.7 Å². The molecule has 0 aliphatic rings. The number of aliphatic hydroxyl groups excluding tert-OH is 1. The summed E-state index contributed by atoms with van der Waals surface area (Å²) in [6.07, 6.45) is 1.79. The summed E-state index contributed by atoms with van der Waals surface area (Å²) in [4.78, 5) is 29.4. The number of nitrogens with one attached hydrogen (secondary N) is 1. The van der Waals surface area contributed by atoms with E-state index < -0.39 is 24.5 Å². The van der Waals surface area contributed by atoms with Crippen molar-refractivity contribution in [2.45, 2.75) is 12.6 Å². The number of pyridine rings is 1. The van der Waals surface area contributed by atoms with Crippen molar-refractivity contribution < 1.29 is 19.8 Å². The molecule has 2 rings (SSSR count). The fourth-order valence-electron chi connectivity index (χ4n) is 2.09. The number of aliphatic hydroxyl groups is 1. The third kappa shape index (κ3) is 3.23. The molecule has 3 N–H and O–H groups in total. The number of rotatable bonds is 6. The zero-order chi connectivity index (χ0) is 16.3. The van der Waals surface area contributed by atoms with Crippen LogP contribution >= 0.6 is 0 Å². The largest absolute Gasteiger partial charge is 0.480 e. The highest BCUT2D eigenvalue weighted by atomic mass is 16.4. The van der Waals surface area contributed by atoms with Gasteiger partial charge in [-0.05, 0) is 26.2 Å². The first-order chi connectivity index (χ1) is 10.4. The third-order valence-electron chi connectivity index (χ3n) is 3.10. The number of aromatic nitrogens is 2. The quantitative estimate of drug-likeness (QED) is 0.668. The van der Waals surface area contributed by atoms with Crippen LogP contribution in [0.15, 0.2) is 24.4 Å². The van der Waals surface area contributed by atoms with Gasteiger partial charge in [-0.3, -0.25) is 4.79 Å². The first-order valence-electron chi connectivity index (χ1n) is 6.69. The number of amides is 1. The lowest BCUT2D eigenvalue weighted by atomic mass is 10.2. The topological polar surface area (TPSA) is 107 Å². The molecule has 8 heteroatoms. The fraction of sp³-hybridized carbons (Fsp3) is 0.357. The van der Waals surface area contributed by atoms with Crippen LogP contribution in [0.3, 0.4) is 0 Å². The summed E-state index contributed by atoms with van der Waals surface area (Å²) in [6.45, 7) is -0.220. The van der Waals surface area contributed by atoms with Crippen molar-refractivity contribution >= 4 is 17.5 Å². The van der Waals surface area contributed by atoms with Crippen molar-refractivity contribution in [3.63, 3.8) is 0 Å². The van der Waals surface area contributed by atoms with E-state index in [0.29, 0.717) is 17.9 Å². The molecule has 0 radical (unpaired) electrons. The number of nitrogens with zero attached hydrogens (tertiary/aromatic N) is 3. The minimum absolute atomic E-state index is 0.152. The van der Waals surface area contributed by atoms with Crippen LogP contribution in [-0.2, 0) is 11.3 Å². The van der Waals surface area contributed by atoms with Crippen LogP contribution in [0.25, 0.3) is 5.65 Å². The Morgan fingerprint density at radius 1 is 1.41 bits per heavy atom. The zero-order valence-electron chi connectivity index (χ0n) is 12.4. The molecule has 0 bridgehead atoms. The van der Waals surface area contributed by atoms with Gasteiger partial charge in [0.25, 0.3) is 5.91 Å². The van der Waals surface area contributed by atoms with E-state index in [1.165, 1.54) is 0 Å². The number of carbonyl (C=O) groups excluding carboxylic acids is 1. The predicted octanol–water partition coefficient (Wildman–Crippen LogP) is -0.429. The minimum atomic E-state index is -1.36. The summed E-state index contributed by atoms with van der Waals surface area (Å²) in [5.41, 5.74) is 1.40. The van der Waals surface area contributed by atoms with Crippen molar-refractivity contribution in [2.75, 3.05) is 20.7 Å².